The van der Waals surface area contributed by atoms with Crippen molar-refractivity contribution < 1.29 is 9.90 Å². The predicted molar refractivity (Wildman–Crippen MR) is 85.0 cm³/mol. The average Bonchev–Trinajstić information content (AvgIpc) is 2.49. The third-order valence-electron chi connectivity index (χ3n) is 3.23. The quantitative estimate of drug-likeness (QED) is 0.616. The third kappa shape index (κ3) is 5.58. The molecule has 3 N–H and O–H groups in total. The van der Waals surface area contributed by atoms with E-state index in [9.17, 15) is 4.79 Å². The van der Waals surface area contributed by atoms with Crippen LogP contribution < -0.4 is 5.73 Å². The SMILES string of the molecule is Cc1ccc(C#CCN)c(C(=O)N(C)CCCCCO)c1. The molecule has 0 heterocycles. The Balaban J connectivity index is 2.82. The second kappa shape index (κ2) is 9.17. The minimum Gasteiger partial charge on any atom is -0.396 e. The van der Waals surface area contributed by atoms with E-state index in [1.54, 1.807) is 11.9 Å². The predicted octanol–water partition coefficient (Wildman–Crippen LogP) is 1.54. The standard InChI is InChI=1S/C17H24N2O2/c1-14-8-9-15(7-6-10-18)16(13-14)17(21)19(2)11-4-3-5-12-20/h8-9,13,20H,3-5,10-12,18H2,1-2H3. The summed E-state index contributed by atoms with van der Waals surface area (Å²) in [5, 5.41) is 8.76. The molecule has 4 heteroatoms. The van der Waals surface area contributed by atoms with Gasteiger partial charge in [-0.25, -0.2) is 0 Å². The number of hydrogen-bond donors (Lipinski definition) is 2. The summed E-state index contributed by atoms with van der Waals surface area (Å²) in [5.41, 5.74) is 7.78. The van der Waals surface area contributed by atoms with Crippen LogP contribution >= 0.6 is 0 Å². The van der Waals surface area contributed by atoms with Gasteiger partial charge in [0.15, 0.2) is 0 Å². The summed E-state index contributed by atoms with van der Waals surface area (Å²) in [5.74, 6) is 5.73. The molecule has 114 valence electrons. The van der Waals surface area contributed by atoms with Crippen molar-refractivity contribution in [1.82, 2.24) is 4.90 Å². The second-order valence-electron chi connectivity index (χ2n) is 5.07. The van der Waals surface area contributed by atoms with Gasteiger partial charge in [-0.15, -0.1) is 0 Å². The van der Waals surface area contributed by atoms with E-state index in [2.05, 4.69) is 11.8 Å². The first-order valence-corrected chi connectivity index (χ1v) is 7.26. The van der Waals surface area contributed by atoms with Gasteiger partial charge in [0.25, 0.3) is 5.91 Å². The highest BCUT2D eigenvalue weighted by Crippen LogP contribution is 2.13. The minimum absolute atomic E-state index is 0.0241. The molecule has 0 bridgehead atoms. The lowest BCUT2D eigenvalue weighted by molar-refractivity contribution is 0.0792. The lowest BCUT2D eigenvalue weighted by Gasteiger charge is -2.18. The fourth-order valence-corrected chi connectivity index (χ4v) is 2.04. The van der Waals surface area contributed by atoms with Crippen LogP contribution in [0.25, 0.3) is 0 Å². The molecule has 0 aliphatic carbocycles. The zero-order valence-corrected chi connectivity index (χ0v) is 12.9. The normalized spacial score (nSPS) is 9.90. The van der Waals surface area contributed by atoms with Crippen molar-refractivity contribution in [2.75, 3.05) is 26.7 Å². The van der Waals surface area contributed by atoms with Gasteiger partial charge in [-0.1, -0.05) is 23.5 Å². The van der Waals surface area contributed by atoms with Crippen LogP contribution in [0.3, 0.4) is 0 Å². The molecule has 0 unspecified atom stereocenters. The van der Waals surface area contributed by atoms with Gasteiger partial charge in [0.1, 0.15) is 0 Å². The molecule has 0 aliphatic rings. The molecule has 1 amide bonds. The average molecular weight is 288 g/mol. The highest BCUT2D eigenvalue weighted by Gasteiger charge is 2.15. The first-order valence-electron chi connectivity index (χ1n) is 7.26. The Bertz CT molecular complexity index is 529. The van der Waals surface area contributed by atoms with E-state index < -0.39 is 0 Å². The molecule has 0 aromatic heterocycles. The Morgan fingerprint density at radius 1 is 1.33 bits per heavy atom. The molecular formula is C17H24N2O2. The Hall–Kier alpha value is -1.83. The summed E-state index contributed by atoms with van der Waals surface area (Å²) in [6.45, 7) is 3.11. The number of hydrogen-bond acceptors (Lipinski definition) is 3. The summed E-state index contributed by atoms with van der Waals surface area (Å²) in [7, 11) is 1.80. The number of nitrogens with zero attached hydrogens (tertiary/aromatic N) is 1. The van der Waals surface area contributed by atoms with E-state index in [1.165, 1.54) is 0 Å². The van der Waals surface area contributed by atoms with Crippen LogP contribution in [0.4, 0.5) is 0 Å². The van der Waals surface area contributed by atoms with Gasteiger partial charge in [-0.3, -0.25) is 4.79 Å². The van der Waals surface area contributed by atoms with Crippen molar-refractivity contribution in [1.29, 1.82) is 0 Å². The lowest BCUT2D eigenvalue weighted by atomic mass is 10.0. The highest BCUT2D eigenvalue weighted by molar-refractivity contribution is 5.96. The Morgan fingerprint density at radius 3 is 2.76 bits per heavy atom. The van der Waals surface area contributed by atoms with E-state index in [4.69, 9.17) is 10.8 Å². The number of benzene rings is 1. The number of amides is 1. The zero-order valence-electron chi connectivity index (χ0n) is 12.9. The second-order valence-corrected chi connectivity index (χ2v) is 5.07. The number of aryl methyl sites for hydroxylation is 1. The van der Waals surface area contributed by atoms with Crippen LogP contribution in [0.1, 0.15) is 40.7 Å². The number of carbonyl (C=O) groups is 1. The molecule has 1 aromatic carbocycles. The van der Waals surface area contributed by atoms with Crippen LogP contribution in [0.5, 0.6) is 0 Å². The minimum atomic E-state index is -0.0241. The van der Waals surface area contributed by atoms with E-state index >= 15 is 0 Å². The van der Waals surface area contributed by atoms with Gasteiger partial charge in [0.05, 0.1) is 12.1 Å². The first kappa shape index (κ1) is 17.2. The largest absolute Gasteiger partial charge is 0.396 e. The van der Waals surface area contributed by atoms with Crippen molar-refractivity contribution in [3.63, 3.8) is 0 Å². The molecule has 21 heavy (non-hydrogen) atoms. The number of carbonyl (C=O) groups excluding carboxylic acids is 1. The molecule has 0 aliphatic heterocycles. The van der Waals surface area contributed by atoms with Crippen LogP contribution in [0.2, 0.25) is 0 Å². The topological polar surface area (TPSA) is 66.6 Å². The number of aliphatic hydroxyl groups excluding tert-OH is 1. The monoisotopic (exact) mass is 288 g/mol. The van der Waals surface area contributed by atoms with Crippen molar-refractivity contribution in [2.24, 2.45) is 5.73 Å². The molecule has 0 saturated carbocycles. The van der Waals surface area contributed by atoms with Gasteiger partial charge < -0.3 is 15.7 Å². The van der Waals surface area contributed by atoms with Gasteiger partial charge >= 0.3 is 0 Å². The Kier molecular flexibility index (Phi) is 7.52. The Morgan fingerprint density at radius 2 is 2.10 bits per heavy atom. The highest BCUT2D eigenvalue weighted by atomic mass is 16.2. The number of nitrogens with two attached hydrogens (primary N) is 1. The van der Waals surface area contributed by atoms with Crippen molar-refractivity contribution in [3.8, 4) is 11.8 Å². The number of rotatable bonds is 6. The molecular weight excluding hydrogens is 264 g/mol. The van der Waals surface area contributed by atoms with E-state index in [1.807, 2.05) is 25.1 Å². The maximum Gasteiger partial charge on any atom is 0.254 e. The maximum atomic E-state index is 12.5. The Labute approximate surface area is 127 Å². The van der Waals surface area contributed by atoms with Crippen LogP contribution in [-0.2, 0) is 0 Å². The van der Waals surface area contributed by atoms with E-state index in [0.29, 0.717) is 12.1 Å². The summed E-state index contributed by atoms with van der Waals surface area (Å²) < 4.78 is 0. The number of aliphatic hydroxyl groups is 1. The van der Waals surface area contributed by atoms with E-state index in [0.717, 1.165) is 30.4 Å². The van der Waals surface area contributed by atoms with Crippen LogP contribution in [0, 0.1) is 18.8 Å². The fraction of sp³-hybridized carbons (Fsp3) is 0.471. The van der Waals surface area contributed by atoms with Crippen LogP contribution in [-0.4, -0.2) is 42.7 Å². The van der Waals surface area contributed by atoms with E-state index in [-0.39, 0.29) is 19.1 Å². The van der Waals surface area contributed by atoms with Gasteiger partial charge in [-0.2, -0.15) is 0 Å². The smallest absolute Gasteiger partial charge is 0.254 e. The van der Waals surface area contributed by atoms with Gasteiger partial charge in [0, 0.05) is 25.8 Å². The summed E-state index contributed by atoms with van der Waals surface area (Å²) >= 11 is 0. The third-order valence-corrected chi connectivity index (χ3v) is 3.23. The molecule has 0 radical (unpaired) electrons. The summed E-state index contributed by atoms with van der Waals surface area (Å²) in [4.78, 5) is 14.2. The van der Waals surface area contributed by atoms with Crippen LogP contribution in [0.15, 0.2) is 18.2 Å². The molecule has 0 atom stereocenters. The molecule has 4 nitrogen and oxygen atoms in total. The summed E-state index contributed by atoms with van der Waals surface area (Å²) in [6.07, 6.45) is 2.58. The molecule has 1 rings (SSSR count). The maximum absolute atomic E-state index is 12.5. The van der Waals surface area contributed by atoms with Crippen molar-refractivity contribution in [3.05, 3.63) is 34.9 Å². The molecule has 0 spiro atoms. The zero-order chi connectivity index (χ0) is 15.7. The fourth-order valence-electron chi connectivity index (χ4n) is 2.04. The summed E-state index contributed by atoms with van der Waals surface area (Å²) in [6, 6.07) is 5.68. The van der Waals surface area contributed by atoms with Crippen molar-refractivity contribution in [2.45, 2.75) is 26.2 Å². The first-order chi connectivity index (χ1) is 10.1. The van der Waals surface area contributed by atoms with Gasteiger partial charge in [-0.05, 0) is 38.3 Å². The molecule has 0 saturated heterocycles. The number of unbranched alkanes of at least 4 members (excludes halogenated alkanes) is 2. The lowest BCUT2D eigenvalue weighted by Crippen LogP contribution is -2.28. The molecule has 0 fully saturated rings. The van der Waals surface area contributed by atoms with Crippen molar-refractivity contribution >= 4 is 5.91 Å². The van der Waals surface area contributed by atoms with Gasteiger partial charge in [0.2, 0.25) is 0 Å². The molecule has 1 aromatic rings.